The summed E-state index contributed by atoms with van der Waals surface area (Å²) >= 11 is 2.92. The maximum atomic E-state index is 13.6. The van der Waals surface area contributed by atoms with Crippen LogP contribution in [0.15, 0.2) is 56.9 Å². The van der Waals surface area contributed by atoms with Gasteiger partial charge in [-0.1, -0.05) is 11.3 Å². The van der Waals surface area contributed by atoms with E-state index in [1.807, 2.05) is 12.1 Å². The van der Waals surface area contributed by atoms with Gasteiger partial charge in [0.15, 0.2) is 0 Å². The Balaban J connectivity index is 1.30. The number of carbonyl (C=O) groups excluding carboxylic acids is 2. The zero-order valence-corrected chi connectivity index (χ0v) is 19.2. The average molecular weight is 481 g/mol. The smallest absolute Gasteiger partial charge is 0.305 e. The monoisotopic (exact) mass is 480 g/mol. The van der Waals surface area contributed by atoms with Gasteiger partial charge >= 0.3 is 4.87 Å². The lowest BCUT2D eigenvalue weighted by atomic mass is 9.69. The van der Waals surface area contributed by atoms with E-state index in [0.717, 1.165) is 22.1 Å². The molecule has 9 heteroatoms. The van der Waals surface area contributed by atoms with Gasteiger partial charge < -0.3 is 14.1 Å². The minimum absolute atomic E-state index is 0.0703. The second kappa shape index (κ2) is 6.87. The first kappa shape index (κ1) is 19.7. The molecule has 3 aromatic rings. The summed E-state index contributed by atoms with van der Waals surface area (Å²) in [4.78, 5) is 44.7. The number of carbonyl (C=O) groups is 2. The van der Waals surface area contributed by atoms with Gasteiger partial charge in [-0.25, -0.2) is 0 Å². The first-order valence-electron chi connectivity index (χ1n) is 11.0. The Bertz CT molecular complexity index is 1330. The van der Waals surface area contributed by atoms with Gasteiger partial charge in [-0.3, -0.25) is 19.3 Å². The van der Waals surface area contributed by atoms with Crippen LogP contribution in [0.3, 0.4) is 0 Å². The first-order chi connectivity index (χ1) is 16.1. The summed E-state index contributed by atoms with van der Waals surface area (Å²) in [6.07, 6.45) is 2.52. The van der Waals surface area contributed by atoms with Crippen LogP contribution in [0.2, 0.25) is 0 Å². The molecular weight excluding hydrogens is 460 g/mol. The Labute approximate surface area is 197 Å². The molecule has 4 heterocycles. The largest absolute Gasteiger partial charge is 0.497 e. The van der Waals surface area contributed by atoms with Crippen LogP contribution < -0.4 is 14.5 Å². The van der Waals surface area contributed by atoms with Gasteiger partial charge in [-0.2, -0.15) is 0 Å². The molecule has 4 aliphatic rings. The zero-order chi connectivity index (χ0) is 22.4. The van der Waals surface area contributed by atoms with Crippen molar-refractivity contribution in [2.75, 3.05) is 12.0 Å². The van der Waals surface area contributed by atoms with Gasteiger partial charge in [-0.15, -0.1) is 11.8 Å². The maximum absolute atomic E-state index is 13.6. The number of amides is 2. The van der Waals surface area contributed by atoms with Crippen LogP contribution in [-0.2, 0) is 9.59 Å². The molecule has 1 saturated heterocycles. The van der Waals surface area contributed by atoms with E-state index >= 15 is 0 Å². The van der Waals surface area contributed by atoms with Gasteiger partial charge in [0.1, 0.15) is 11.5 Å². The number of anilines is 1. The van der Waals surface area contributed by atoms with Crippen LogP contribution in [0.5, 0.6) is 5.75 Å². The van der Waals surface area contributed by atoms with E-state index in [-0.39, 0.29) is 57.4 Å². The molecular formula is C24H20N2O5S2. The highest BCUT2D eigenvalue weighted by atomic mass is 32.2. The summed E-state index contributed by atoms with van der Waals surface area (Å²) < 4.78 is 11.1. The lowest BCUT2D eigenvalue weighted by molar-refractivity contribution is -0.123. The van der Waals surface area contributed by atoms with E-state index in [2.05, 4.69) is 4.98 Å². The molecule has 2 aliphatic heterocycles. The fourth-order valence-corrected chi connectivity index (χ4v) is 9.66. The number of thioether (sulfide) groups is 1. The highest BCUT2D eigenvalue weighted by Crippen LogP contribution is 2.68. The molecule has 7 rings (SSSR count). The normalized spacial score (nSPS) is 33.8. The number of benzene rings is 1. The molecule has 33 heavy (non-hydrogen) atoms. The number of hydrogen-bond acceptors (Lipinski definition) is 7. The minimum Gasteiger partial charge on any atom is -0.497 e. The number of ether oxygens (including phenoxy) is 1. The molecule has 7 atom stereocenters. The number of H-pyrrole nitrogens is 1. The van der Waals surface area contributed by atoms with Crippen LogP contribution in [0.1, 0.15) is 23.0 Å². The predicted molar refractivity (Wildman–Crippen MR) is 123 cm³/mol. The summed E-state index contributed by atoms with van der Waals surface area (Å²) in [5.74, 6) is 0.956. The van der Waals surface area contributed by atoms with Crippen molar-refractivity contribution < 1.29 is 18.7 Å². The van der Waals surface area contributed by atoms with E-state index < -0.39 is 0 Å². The molecule has 2 saturated carbocycles. The number of nitrogens with zero attached hydrogens (tertiary/aromatic N) is 1. The standard InChI is InChI=1S/C24H20N2O5S2/c1-30-11-6-4-10(5-7-11)26-22(27)16-12-9-13(17(16)23(26)28)19-15(12)18(14-3-2-8-31-14)20-21(32-19)25-24(29)33-20/h2-8,12-13,15-19H,9H2,1H3,(H,25,29)/t12?,13?,15?,16?,17?,18-,19?/m1/s1. The summed E-state index contributed by atoms with van der Waals surface area (Å²) in [5.41, 5.74) is 0.598. The van der Waals surface area contributed by atoms with Crippen molar-refractivity contribution in [3.63, 3.8) is 0 Å². The number of imide groups is 1. The van der Waals surface area contributed by atoms with E-state index in [9.17, 15) is 14.4 Å². The SMILES string of the molecule is COc1ccc(N2C(=O)C3C4CC(C3C2=O)C2C4Sc3[nH]c(=O)sc3[C@@H]2c2ccco2)cc1. The Kier molecular flexibility index (Phi) is 4.09. The average Bonchev–Trinajstić information content (AvgIpc) is 3.61. The number of thiazole rings is 1. The topological polar surface area (TPSA) is 92.6 Å². The molecule has 2 bridgehead atoms. The van der Waals surface area contributed by atoms with E-state index in [1.54, 1.807) is 49.4 Å². The van der Waals surface area contributed by atoms with Crippen LogP contribution in [0, 0.1) is 29.6 Å². The van der Waals surface area contributed by atoms with Crippen molar-refractivity contribution in [2.24, 2.45) is 29.6 Å². The van der Waals surface area contributed by atoms with Gasteiger partial charge in [0, 0.05) is 5.25 Å². The molecule has 7 nitrogen and oxygen atoms in total. The van der Waals surface area contributed by atoms with E-state index in [4.69, 9.17) is 9.15 Å². The van der Waals surface area contributed by atoms with Gasteiger partial charge in [0.2, 0.25) is 11.8 Å². The number of nitrogens with one attached hydrogen (secondary N) is 1. The van der Waals surface area contributed by atoms with Crippen LogP contribution in [0.25, 0.3) is 0 Å². The molecule has 2 aromatic heterocycles. The molecule has 2 amide bonds. The molecule has 1 N–H and O–H groups in total. The molecule has 0 spiro atoms. The molecule has 6 unspecified atom stereocenters. The lowest BCUT2D eigenvalue weighted by Gasteiger charge is -2.42. The quantitative estimate of drug-likeness (QED) is 0.575. The molecule has 168 valence electrons. The third-order valence-electron chi connectivity index (χ3n) is 7.90. The first-order valence-corrected chi connectivity index (χ1v) is 12.7. The highest BCUT2D eigenvalue weighted by molar-refractivity contribution is 8.00. The molecule has 0 radical (unpaired) electrons. The number of methoxy groups -OCH3 is 1. The summed E-state index contributed by atoms with van der Waals surface area (Å²) in [6, 6.07) is 10.9. The number of furan rings is 1. The molecule has 1 aromatic carbocycles. The molecule has 2 aliphatic carbocycles. The fraction of sp³-hybridized carbons (Fsp3) is 0.375. The van der Waals surface area contributed by atoms with Crippen LogP contribution >= 0.6 is 23.1 Å². The van der Waals surface area contributed by atoms with Gasteiger partial charge in [-0.05, 0) is 60.6 Å². The van der Waals surface area contributed by atoms with Crippen molar-refractivity contribution in [2.45, 2.75) is 22.6 Å². The maximum Gasteiger partial charge on any atom is 0.305 e. The third kappa shape index (κ3) is 2.55. The van der Waals surface area contributed by atoms with Crippen LogP contribution in [0.4, 0.5) is 5.69 Å². The second-order valence-electron chi connectivity index (χ2n) is 9.19. The third-order valence-corrected chi connectivity index (χ3v) is 10.5. The number of rotatable bonds is 3. The Hall–Kier alpha value is -2.78. The minimum atomic E-state index is -0.318. The fourth-order valence-electron chi connectivity index (χ4n) is 6.79. The number of hydrogen-bond donors (Lipinski definition) is 1. The number of aromatic nitrogens is 1. The molecule has 3 fully saturated rings. The highest BCUT2D eigenvalue weighted by Gasteiger charge is 2.70. The van der Waals surface area contributed by atoms with Crippen molar-refractivity contribution in [1.82, 2.24) is 4.98 Å². The Morgan fingerprint density at radius 1 is 1.06 bits per heavy atom. The second-order valence-corrected chi connectivity index (χ2v) is 11.4. The lowest BCUT2D eigenvalue weighted by Crippen LogP contribution is -2.42. The van der Waals surface area contributed by atoms with Crippen molar-refractivity contribution in [1.29, 1.82) is 0 Å². The predicted octanol–water partition coefficient (Wildman–Crippen LogP) is 3.72. The zero-order valence-electron chi connectivity index (χ0n) is 17.6. The van der Waals surface area contributed by atoms with Crippen molar-refractivity contribution in [3.8, 4) is 5.75 Å². The van der Waals surface area contributed by atoms with Gasteiger partial charge in [0.25, 0.3) is 0 Å². The summed E-state index contributed by atoms with van der Waals surface area (Å²) in [5, 5.41) is 1.05. The number of fused-ring (bicyclic) bond motifs is 9. The summed E-state index contributed by atoms with van der Waals surface area (Å²) in [7, 11) is 1.59. The van der Waals surface area contributed by atoms with E-state index in [0.29, 0.717) is 11.4 Å². The van der Waals surface area contributed by atoms with E-state index in [1.165, 1.54) is 16.2 Å². The van der Waals surface area contributed by atoms with Crippen molar-refractivity contribution >= 4 is 40.6 Å². The van der Waals surface area contributed by atoms with Crippen LogP contribution in [-0.4, -0.2) is 29.2 Å². The summed E-state index contributed by atoms with van der Waals surface area (Å²) in [6.45, 7) is 0. The van der Waals surface area contributed by atoms with Gasteiger partial charge in [0.05, 0.1) is 46.7 Å². The number of aromatic amines is 1. The Morgan fingerprint density at radius 3 is 2.52 bits per heavy atom. The van der Waals surface area contributed by atoms with Crippen molar-refractivity contribution in [3.05, 3.63) is 63.0 Å². The Morgan fingerprint density at radius 2 is 1.82 bits per heavy atom.